The number of hydrogen-bond donors (Lipinski definition) is 1. The van der Waals surface area contributed by atoms with E-state index in [-0.39, 0.29) is 11.3 Å². The predicted molar refractivity (Wildman–Crippen MR) is 112 cm³/mol. The van der Waals surface area contributed by atoms with Gasteiger partial charge in [0, 0.05) is 17.0 Å². The lowest BCUT2D eigenvalue weighted by Gasteiger charge is -2.04. The standard InChI is InChI=1S/C18H11ClN4O4S2/c1-9-15(16(22-27-9)11-4-2-3-5-12(11)19)17(24)21-18-20-13(8-29-18)14-6-10(7-28-14)23(25)26/h2-8H,1H3,(H,20,21,24). The number of benzene rings is 1. The fourth-order valence-electron chi connectivity index (χ4n) is 2.64. The average Bonchev–Trinajstić information content (AvgIpc) is 3.41. The maximum atomic E-state index is 12.9. The number of rotatable bonds is 5. The number of aryl methyl sites for hydroxylation is 1. The molecule has 1 aromatic carbocycles. The van der Waals surface area contributed by atoms with Crippen LogP contribution in [0.15, 0.2) is 45.6 Å². The summed E-state index contributed by atoms with van der Waals surface area (Å²) in [5.74, 6) is -0.0835. The maximum Gasteiger partial charge on any atom is 0.280 e. The number of hydrogen-bond acceptors (Lipinski definition) is 8. The summed E-state index contributed by atoms with van der Waals surface area (Å²) < 4.78 is 5.21. The molecule has 4 rings (SSSR count). The molecule has 8 nitrogen and oxygen atoms in total. The van der Waals surface area contributed by atoms with Crippen LogP contribution < -0.4 is 5.32 Å². The second-order valence-corrected chi connectivity index (χ2v) is 8.04. The van der Waals surface area contributed by atoms with Crippen molar-refractivity contribution in [2.75, 3.05) is 5.32 Å². The number of thiophene rings is 1. The van der Waals surface area contributed by atoms with Crippen LogP contribution in [-0.2, 0) is 0 Å². The topological polar surface area (TPSA) is 111 Å². The largest absolute Gasteiger partial charge is 0.360 e. The SMILES string of the molecule is Cc1onc(-c2ccccc2Cl)c1C(=O)Nc1nc(-c2cc([N+](=O)[O-])cs2)cs1. The lowest BCUT2D eigenvalue weighted by molar-refractivity contribution is -0.384. The summed E-state index contributed by atoms with van der Waals surface area (Å²) in [6, 6.07) is 8.48. The van der Waals surface area contributed by atoms with E-state index in [1.54, 1.807) is 36.6 Å². The highest BCUT2D eigenvalue weighted by Gasteiger charge is 2.24. The van der Waals surface area contributed by atoms with Crippen molar-refractivity contribution < 1.29 is 14.2 Å². The molecule has 1 N–H and O–H groups in total. The van der Waals surface area contributed by atoms with E-state index in [2.05, 4.69) is 15.5 Å². The van der Waals surface area contributed by atoms with Crippen LogP contribution in [0.25, 0.3) is 21.8 Å². The van der Waals surface area contributed by atoms with Crippen LogP contribution in [0, 0.1) is 17.0 Å². The van der Waals surface area contributed by atoms with E-state index in [1.165, 1.54) is 34.1 Å². The molecule has 3 aromatic heterocycles. The predicted octanol–water partition coefficient (Wildman–Crippen LogP) is 5.65. The van der Waals surface area contributed by atoms with E-state index in [0.29, 0.717) is 37.7 Å². The van der Waals surface area contributed by atoms with E-state index >= 15 is 0 Å². The smallest absolute Gasteiger partial charge is 0.280 e. The van der Waals surface area contributed by atoms with Gasteiger partial charge in [0.15, 0.2) is 5.13 Å². The van der Waals surface area contributed by atoms with E-state index in [1.807, 2.05) is 0 Å². The van der Waals surface area contributed by atoms with Crippen LogP contribution in [-0.4, -0.2) is 21.0 Å². The first-order valence-corrected chi connectivity index (χ1v) is 10.3. The molecule has 4 aromatic rings. The summed E-state index contributed by atoms with van der Waals surface area (Å²) in [5, 5.41) is 21.5. The highest BCUT2D eigenvalue weighted by atomic mass is 35.5. The fourth-order valence-corrected chi connectivity index (χ4v) is 4.46. The van der Waals surface area contributed by atoms with Crippen LogP contribution in [0.5, 0.6) is 0 Å². The highest BCUT2D eigenvalue weighted by molar-refractivity contribution is 7.16. The van der Waals surface area contributed by atoms with Gasteiger partial charge >= 0.3 is 0 Å². The van der Waals surface area contributed by atoms with E-state index in [0.717, 1.165) is 0 Å². The van der Waals surface area contributed by atoms with Gasteiger partial charge in [-0.2, -0.15) is 0 Å². The fraction of sp³-hybridized carbons (Fsp3) is 0.0556. The molecular formula is C18H11ClN4O4S2. The van der Waals surface area contributed by atoms with Crippen LogP contribution in [0.3, 0.4) is 0 Å². The second kappa shape index (κ2) is 7.74. The molecule has 3 heterocycles. The van der Waals surface area contributed by atoms with Crippen molar-refractivity contribution in [2.24, 2.45) is 0 Å². The minimum atomic E-state index is -0.458. The molecule has 0 fully saturated rings. The minimum absolute atomic E-state index is 0.00747. The Balaban J connectivity index is 1.60. The Hall–Kier alpha value is -3.08. The number of nitrogens with zero attached hydrogens (tertiary/aromatic N) is 3. The summed E-state index contributed by atoms with van der Waals surface area (Å²) in [7, 11) is 0. The molecule has 0 bridgehead atoms. The first-order valence-electron chi connectivity index (χ1n) is 8.15. The van der Waals surface area contributed by atoms with Gasteiger partial charge in [-0.15, -0.1) is 22.7 Å². The van der Waals surface area contributed by atoms with Gasteiger partial charge in [-0.05, 0) is 13.0 Å². The van der Waals surface area contributed by atoms with Crippen molar-refractivity contribution >= 4 is 51.0 Å². The van der Waals surface area contributed by atoms with Crippen molar-refractivity contribution in [3.05, 3.63) is 67.6 Å². The number of aromatic nitrogens is 2. The first-order chi connectivity index (χ1) is 13.9. The number of nitro groups is 1. The lowest BCUT2D eigenvalue weighted by Crippen LogP contribution is -2.13. The molecule has 0 aliphatic rings. The van der Waals surface area contributed by atoms with Gasteiger partial charge in [-0.3, -0.25) is 20.2 Å². The Kier molecular flexibility index (Phi) is 5.14. The lowest BCUT2D eigenvalue weighted by atomic mass is 10.1. The Bertz CT molecular complexity index is 1230. The molecule has 0 radical (unpaired) electrons. The van der Waals surface area contributed by atoms with Gasteiger partial charge < -0.3 is 4.52 Å². The zero-order valence-electron chi connectivity index (χ0n) is 14.7. The van der Waals surface area contributed by atoms with E-state index in [4.69, 9.17) is 16.1 Å². The van der Waals surface area contributed by atoms with Gasteiger partial charge in [-0.25, -0.2) is 4.98 Å². The summed E-state index contributed by atoms with van der Waals surface area (Å²) in [5.41, 5.74) is 1.75. The number of anilines is 1. The number of carbonyl (C=O) groups is 1. The van der Waals surface area contributed by atoms with E-state index < -0.39 is 10.8 Å². The Morgan fingerprint density at radius 2 is 2.07 bits per heavy atom. The summed E-state index contributed by atoms with van der Waals surface area (Å²) in [6.07, 6.45) is 0. The van der Waals surface area contributed by atoms with Crippen LogP contribution >= 0.6 is 34.3 Å². The summed E-state index contributed by atoms with van der Waals surface area (Å²) in [4.78, 5) is 28.2. The Morgan fingerprint density at radius 3 is 2.79 bits per heavy atom. The first kappa shape index (κ1) is 19.2. The van der Waals surface area contributed by atoms with Gasteiger partial charge in [0.05, 0.1) is 25.9 Å². The molecule has 0 saturated carbocycles. The van der Waals surface area contributed by atoms with Crippen molar-refractivity contribution in [2.45, 2.75) is 6.92 Å². The molecule has 146 valence electrons. The van der Waals surface area contributed by atoms with Crippen molar-refractivity contribution in [1.82, 2.24) is 10.1 Å². The quantitative estimate of drug-likeness (QED) is 0.313. The van der Waals surface area contributed by atoms with Crippen molar-refractivity contribution in [1.29, 1.82) is 0 Å². The Morgan fingerprint density at radius 1 is 1.28 bits per heavy atom. The van der Waals surface area contributed by atoms with Crippen molar-refractivity contribution in [3.63, 3.8) is 0 Å². The zero-order valence-corrected chi connectivity index (χ0v) is 17.1. The molecule has 0 unspecified atom stereocenters. The van der Waals surface area contributed by atoms with Gasteiger partial charge in [0.1, 0.15) is 17.0 Å². The molecule has 0 saturated heterocycles. The normalized spacial score (nSPS) is 10.8. The third-order valence-corrected chi connectivity index (χ3v) is 6.02. The Labute approximate surface area is 176 Å². The van der Waals surface area contributed by atoms with E-state index in [9.17, 15) is 14.9 Å². The number of amides is 1. The number of nitrogens with one attached hydrogen (secondary N) is 1. The zero-order chi connectivity index (χ0) is 20.5. The van der Waals surface area contributed by atoms with Gasteiger partial charge in [0.2, 0.25) is 0 Å². The molecule has 0 aliphatic carbocycles. The molecular weight excluding hydrogens is 436 g/mol. The molecule has 29 heavy (non-hydrogen) atoms. The molecule has 0 spiro atoms. The number of thiazole rings is 1. The molecule has 1 amide bonds. The molecule has 0 aliphatic heterocycles. The van der Waals surface area contributed by atoms with Crippen LogP contribution in [0.1, 0.15) is 16.1 Å². The third kappa shape index (κ3) is 3.77. The summed E-state index contributed by atoms with van der Waals surface area (Å²) in [6.45, 7) is 1.64. The molecule has 0 atom stereocenters. The summed E-state index contributed by atoms with van der Waals surface area (Å²) >= 11 is 8.66. The van der Waals surface area contributed by atoms with Crippen molar-refractivity contribution in [3.8, 4) is 21.8 Å². The highest BCUT2D eigenvalue weighted by Crippen LogP contribution is 2.34. The minimum Gasteiger partial charge on any atom is -0.360 e. The number of halogens is 1. The second-order valence-electron chi connectivity index (χ2n) is 5.86. The number of carbonyl (C=O) groups excluding carboxylic acids is 1. The third-order valence-electron chi connectivity index (χ3n) is 3.99. The van der Waals surface area contributed by atoms with Gasteiger partial charge in [0.25, 0.3) is 11.6 Å². The van der Waals surface area contributed by atoms with Gasteiger partial charge in [-0.1, -0.05) is 35.0 Å². The average molecular weight is 447 g/mol. The maximum absolute atomic E-state index is 12.9. The molecule has 11 heteroatoms. The van der Waals surface area contributed by atoms with Crippen LogP contribution in [0.4, 0.5) is 10.8 Å². The monoisotopic (exact) mass is 446 g/mol. The van der Waals surface area contributed by atoms with Crippen LogP contribution in [0.2, 0.25) is 5.02 Å².